The van der Waals surface area contributed by atoms with Gasteiger partial charge < -0.3 is 15.1 Å². The van der Waals surface area contributed by atoms with Gasteiger partial charge in [0.2, 0.25) is 17.8 Å². The van der Waals surface area contributed by atoms with Gasteiger partial charge in [0.05, 0.1) is 0 Å². The molecule has 0 radical (unpaired) electrons. The van der Waals surface area contributed by atoms with Crippen molar-refractivity contribution in [2.45, 2.75) is 185 Å². The van der Waals surface area contributed by atoms with Crippen LogP contribution in [-0.4, -0.2) is 110 Å². The van der Waals surface area contributed by atoms with Gasteiger partial charge in [-0.2, -0.15) is 0 Å². The Labute approximate surface area is 336 Å². The topological polar surface area (TPSA) is 111 Å². The van der Waals surface area contributed by atoms with E-state index in [4.69, 9.17) is 19.9 Å². The van der Waals surface area contributed by atoms with Gasteiger partial charge in [0.15, 0.2) is 0 Å². The molecule has 11 nitrogen and oxygen atoms in total. The Morgan fingerprint density at radius 2 is 1.07 bits per heavy atom. The molecule has 56 heavy (non-hydrogen) atoms. The van der Waals surface area contributed by atoms with Gasteiger partial charge in [-0.15, -0.1) is 0 Å². The van der Waals surface area contributed by atoms with E-state index in [2.05, 4.69) is 77.4 Å². The smallest absolute Gasteiger partial charge is 0.225 e. The minimum absolute atomic E-state index is 0.0700. The van der Waals surface area contributed by atoms with Crippen LogP contribution in [0.3, 0.4) is 0 Å². The fraction of sp³-hybridized carbons (Fsp3) is 0.778. The molecule has 6 heterocycles. The monoisotopic (exact) mass is 768 g/mol. The quantitative estimate of drug-likeness (QED) is 0.232. The summed E-state index contributed by atoms with van der Waals surface area (Å²) in [5.41, 5.74) is 2.52. The molecule has 2 saturated carbocycles. The number of amides is 1. The number of piperazine rings is 2. The molecule has 2 aliphatic carbocycles. The second kappa shape index (κ2) is 17.4. The van der Waals surface area contributed by atoms with Crippen molar-refractivity contribution in [3.8, 4) is 0 Å². The Balaban J connectivity index is 0.746. The number of nitrogens with one attached hydrogen (secondary N) is 1. The molecule has 1 amide bonds. The van der Waals surface area contributed by atoms with Crippen molar-refractivity contribution in [2.75, 3.05) is 36.0 Å². The molecule has 0 spiro atoms. The van der Waals surface area contributed by atoms with Crippen LogP contribution in [0.1, 0.15) is 154 Å². The summed E-state index contributed by atoms with van der Waals surface area (Å²) < 4.78 is 0. The summed E-state index contributed by atoms with van der Waals surface area (Å²) in [6.45, 7) is 15.1. The molecule has 4 aliphatic heterocycles. The lowest BCUT2D eigenvalue weighted by Crippen LogP contribution is -2.56. The van der Waals surface area contributed by atoms with Crippen LogP contribution in [0.2, 0.25) is 0 Å². The van der Waals surface area contributed by atoms with Gasteiger partial charge in [-0.05, 0) is 140 Å². The molecule has 2 aromatic heterocycles. The van der Waals surface area contributed by atoms with Crippen molar-refractivity contribution in [1.29, 1.82) is 0 Å². The van der Waals surface area contributed by atoms with E-state index in [9.17, 15) is 9.59 Å². The minimum Gasteiger partial charge on any atom is -0.354 e. The highest BCUT2D eigenvalue weighted by atomic mass is 16.1. The molecule has 8 rings (SSSR count). The number of Topliss-reactive ketones (excluding diaryl/α,β-unsaturated/α-hetero) is 1. The number of likely N-dealkylation sites (tertiary alicyclic amines) is 2. The number of hydrogen-bond donors (Lipinski definition) is 1. The fourth-order valence-corrected chi connectivity index (χ4v) is 11.5. The molecule has 6 unspecified atom stereocenters. The third kappa shape index (κ3) is 8.79. The zero-order valence-electron chi connectivity index (χ0n) is 35.0. The molecule has 4 saturated heterocycles. The maximum Gasteiger partial charge on any atom is 0.225 e. The van der Waals surface area contributed by atoms with Gasteiger partial charge in [-0.3, -0.25) is 19.4 Å². The highest BCUT2D eigenvalue weighted by Gasteiger charge is 2.43. The highest BCUT2D eigenvalue weighted by Crippen LogP contribution is 2.40. The molecular formula is C45H69N9O2. The number of anilines is 2. The van der Waals surface area contributed by atoms with Gasteiger partial charge in [0, 0.05) is 113 Å². The Kier molecular flexibility index (Phi) is 12.3. The summed E-state index contributed by atoms with van der Waals surface area (Å²) in [5, 5.41) is 3.08. The Morgan fingerprint density at radius 1 is 0.625 bits per heavy atom. The maximum absolute atomic E-state index is 13.5. The van der Waals surface area contributed by atoms with E-state index < -0.39 is 0 Å². The first-order valence-corrected chi connectivity index (χ1v) is 22.6. The third-order valence-corrected chi connectivity index (χ3v) is 15.1. The zero-order valence-corrected chi connectivity index (χ0v) is 35.0. The predicted molar refractivity (Wildman–Crippen MR) is 222 cm³/mol. The maximum atomic E-state index is 13.5. The largest absolute Gasteiger partial charge is 0.354 e. The summed E-state index contributed by atoms with van der Waals surface area (Å²) >= 11 is 0. The molecule has 2 aromatic rings. The van der Waals surface area contributed by atoms with E-state index >= 15 is 0 Å². The van der Waals surface area contributed by atoms with E-state index in [0.717, 1.165) is 109 Å². The Bertz CT molecular complexity index is 1590. The molecule has 1 N–H and O–H groups in total. The van der Waals surface area contributed by atoms with Crippen LogP contribution in [0.5, 0.6) is 0 Å². The van der Waals surface area contributed by atoms with Gasteiger partial charge in [0.1, 0.15) is 5.78 Å². The number of hydrogen-bond acceptors (Lipinski definition) is 10. The van der Waals surface area contributed by atoms with Crippen molar-refractivity contribution in [1.82, 2.24) is 35.1 Å². The van der Waals surface area contributed by atoms with Gasteiger partial charge in [-0.1, -0.05) is 6.92 Å². The first kappa shape index (κ1) is 39.6. The van der Waals surface area contributed by atoms with E-state index in [1.165, 1.54) is 36.8 Å². The minimum atomic E-state index is 0.0700. The van der Waals surface area contributed by atoms with E-state index in [1.54, 1.807) is 6.92 Å². The first-order chi connectivity index (χ1) is 27.1. The molecular weight excluding hydrogens is 699 g/mol. The fourth-order valence-electron chi connectivity index (χ4n) is 11.5. The van der Waals surface area contributed by atoms with Crippen molar-refractivity contribution >= 4 is 23.6 Å². The van der Waals surface area contributed by atoms with Crippen LogP contribution < -0.4 is 15.1 Å². The summed E-state index contributed by atoms with van der Waals surface area (Å²) in [6, 6.07) is 3.36. The van der Waals surface area contributed by atoms with E-state index in [-0.39, 0.29) is 11.8 Å². The van der Waals surface area contributed by atoms with Gasteiger partial charge in [-0.25, -0.2) is 19.9 Å². The van der Waals surface area contributed by atoms with Gasteiger partial charge in [0.25, 0.3) is 0 Å². The summed E-state index contributed by atoms with van der Waals surface area (Å²) in [4.78, 5) is 54.9. The third-order valence-electron chi connectivity index (χ3n) is 15.1. The molecule has 6 aliphatic rings. The SMILES string of the molecule is CC(=O)N[C@H]1CC[C@@H](c2cnc(N3C4CCC3CN(C(C)CCC(C)C(=O)C[C@H]3CC[C@H](c5cnc(N6C7CCC6CN(C(C)C)C7)nc5)CC3)C4)nc2)CC1. The average molecular weight is 768 g/mol. The van der Waals surface area contributed by atoms with Gasteiger partial charge >= 0.3 is 0 Å². The highest BCUT2D eigenvalue weighted by molar-refractivity contribution is 5.80. The van der Waals surface area contributed by atoms with Crippen LogP contribution in [0.4, 0.5) is 11.9 Å². The summed E-state index contributed by atoms with van der Waals surface area (Å²) in [6.07, 6.45) is 24.7. The second-order valence-electron chi connectivity index (χ2n) is 19.2. The normalized spacial score (nSPS) is 32.1. The lowest BCUT2D eigenvalue weighted by Gasteiger charge is -2.43. The number of carbonyl (C=O) groups excluding carboxylic acids is 2. The molecule has 0 aromatic carbocycles. The van der Waals surface area contributed by atoms with Crippen molar-refractivity contribution < 1.29 is 9.59 Å². The average Bonchev–Trinajstić information content (AvgIpc) is 3.62. The van der Waals surface area contributed by atoms with Crippen LogP contribution in [0, 0.1) is 11.8 Å². The van der Waals surface area contributed by atoms with Crippen molar-refractivity contribution in [2.24, 2.45) is 11.8 Å². The number of nitrogens with zero attached hydrogens (tertiary/aromatic N) is 8. The number of aromatic nitrogens is 4. The lowest BCUT2D eigenvalue weighted by atomic mass is 9.76. The van der Waals surface area contributed by atoms with Crippen LogP contribution in [0.25, 0.3) is 0 Å². The number of rotatable bonds is 13. The zero-order chi connectivity index (χ0) is 38.9. The number of carbonyl (C=O) groups is 2. The predicted octanol–water partition coefficient (Wildman–Crippen LogP) is 6.88. The first-order valence-electron chi connectivity index (χ1n) is 22.6. The van der Waals surface area contributed by atoms with E-state index in [0.29, 0.717) is 65.8 Å². The standard InChI is InChI=1S/C45H69N9O2/c1-29(2)51-25-39-16-17-40(26-51)53(39)44-46-21-36(22-47-44)34-10-8-33(9-11-34)20-43(56)30(3)6-7-31(4)52-27-41-18-19-42(28-52)54(41)45-48-23-37(24-49-45)35-12-14-38(15-13-35)50-32(5)55/h21-24,29-31,33-35,38-42H,6-20,25-28H2,1-5H3,(H,50,55)/t30?,31?,33-,34-,35-,38+,39?,40?,41?,42?. The molecule has 4 bridgehead atoms. The van der Waals surface area contributed by atoms with Crippen LogP contribution in [0.15, 0.2) is 24.8 Å². The summed E-state index contributed by atoms with van der Waals surface area (Å²) in [5.74, 6) is 3.97. The van der Waals surface area contributed by atoms with E-state index in [1.807, 2.05) is 0 Å². The number of fused-ring (bicyclic) bond motifs is 4. The van der Waals surface area contributed by atoms with Crippen molar-refractivity contribution in [3.63, 3.8) is 0 Å². The molecule has 6 fully saturated rings. The molecule has 11 heteroatoms. The van der Waals surface area contributed by atoms with Crippen molar-refractivity contribution in [3.05, 3.63) is 35.9 Å². The lowest BCUT2D eigenvalue weighted by molar-refractivity contribution is -0.124. The summed E-state index contributed by atoms with van der Waals surface area (Å²) in [7, 11) is 0. The molecule has 306 valence electrons. The van der Waals surface area contributed by atoms with Crippen LogP contribution in [-0.2, 0) is 9.59 Å². The van der Waals surface area contributed by atoms with Crippen LogP contribution >= 0.6 is 0 Å². The Morgan fingerprint density at radius 3 is 1.52 bits per heavy atom. The number of ketones is 1. The molecule has 6 atom stereocenters. The Hall–Kier alpha value is -3.18. The second-order valence-corrected chi connectivity index (χ2v) is 19.2.